The van der Waals surface area contributed by atoms with Crippen LogP contribution in [0.1, 0.15) is 44.4 Å². The number of hydrogen-bond donors (Lipinski definition) is 0. The van der Waals surface area contributed by atoms with Gasteiger partial charge in [-0.3, -0.25) is 0 Å². The fourth-order valence-corrected chi connectivity index (χ4v) is 3.99. The van der Waals surface area contributed by atoms with Gasteiger partial charge >= 0.3 is 11.9 Å². The minimum atomic E-state index is -0.775. The van der Waals surface area contributed by atoms with Gasteiger partial charge in [-0.1, -0.05) is 35.2 Å². The number of carbonyl (C=O) groups excluding carboxylic acids is 2. The fraction of sp³-hybridized carbons (Fsp3) is 0.185. The minimum absolute atomic E-state index is 0.177. The summed E-state index contributed by atoms with van der Waals surface area (Å²) in [6.45, 7) is -0.177. The number of esters is 2. The molecule has 0 amide bonds. The lowest BCUT2D eigenvalue weighted by atomic mass is 9.99. The molecule has 0 unspecified atom stereocenters. The van der Waals surface area contributed by atoms with Gasteiger partial charge < -0.3 is 14.2 Å². The van der Waals surface area contributed by atoms with Crippen molar-refractivity contribution < 1.29 is 28.2 Å². The summed E-state index contributed by atoms with van der Waals surface area (Å²) in [6.07, 6.45) is 3.67. The van der Waals surface area contributed by atoms with Crippen molar-refractivity contribution in [3.05, 3.63) is 105 Å². The van der Waals surface area contributed by atoms with Crippen LogP contribution in [0.5, 0.6) is 0 Å². The molecule has 0 radical (unpaired) electrons. The van der Waals surface area contributed by atoms with Crippen molar-refractivity contribution >= 4 is 35.1 Å². The molecule has 0 spiro atoms. The van der Waals surface area contributed by atoms with E-state index in [9.17, 15) is 14.0 Å². The van der Waals surface area contributed by atoms with E-state index in [1.807, 2.05) is 0 Å². The third-order valence-corrected chi connectivity index (χ3v) is 6.02. The number of carbonyl (C=O) groups is 2. The van der Waals surface area contributed by atoms with E-state index in [1.54, 1.807) is 48.5 Å². The predicted molar refractivity (Wildman–Crippen MR) is 129 cm³/mol. The van der Waals surface area contributed by atoms with Crippen molar-refractivity contribution in [2.75, 3.05) is 6.61 Å². The highest BCUT2D eigenvalue weighted by atomic mass is 35.5. The Morgan fingerprint density at radius 1 is 0.971 bits per heavy atom. The lowest BCUT2D eigenvalue weighted by molar-refractivity contribution is -0.0427. The fourth-order valence-electron chi connectivity index (χ4n) is 3.74. The van der Waals surface area contributed by atoms with Crippen molar-refractivity contribution in [2.45, 2.75) is 24.7 Å². The average Bonchev–Trinajstić information content (AvgIpc) is 3.25. The average molecular weight is 513 g/mol. The Hall–Kier alpha value is -3.37. The third kappa shape index (κ3) is 6.01. The molecule has 0 bridgehead atoms. The summed E-state index contributed by atoms with van der Waals surface area (Å²) in [5, 5.41) is 0.970. The van der Waals surface area contributed by atoms with E-state index >= 15 is 0 Å². The van der Waals surface area contributed by atoms with Crippen molar-refractivity contribution in [3.63, 3.8) is 0 Å². The van der Waals surface area contributed by atoms with Crippen LogP contribution in [0.25, 0.3) is 0 Å². The van der Waals surface area contributed by atoms with Gasteiger partial charge in [-0.15, -0.1) is 6.42 Å². The monoisotopic (exact) mass is 512 g/mol. The van der Waals surface area contributed by atoms with Crippen LogP contribution in [0, 0.1) is 18.2 Å². The van der Waals surface area contributed by atoms with Crippen LogP contribution in [0.4, 0.5) is 4.39 Å². The second kappa shape index (κ2) is 10.9. The quantitative estimate of drug-likeness (QED) is 0.298. The van der Waals surface area contributed by atoms with Gasteiger partial charge in [0.15, 0.2) is 0 Å². The maximum absolute atomic E-state index is 13.7. The standard InChI is InChI=1S/C27H19Cl2FO5/c1-2-16-13-21(30)11-12-22(16)23-14-24(35-27(32)18-5-9-20(29)10-6-18)25(34-23)15-33-26(31)17-3-7-19(28)8-4-17/h1,3-13,23-25H,14-15H2/t23-,24+,25-/m1/s1. The van der Waals surface area contributed by atoms with E-state index in [0.717, 1.165) is 0 Å². The SMILES string of the molecule is C#Cc1cc(F)ccc1[C@H]1C[C@H](OC(=O)c2ccc(Cl)cc2)[C@@H](COC(=O)c2ccc(Cl)cc2)O1. The van der Waals surface area contributed by atoms with Crippen LogP contribution in [-0.4, -0.2) is 30.8 Å². The van der Waals surface area contributed by atoms with Crippen LogP contribution in [0.3, 0.4) is 0 Å². The molecule has 3 atom stereocenters. The minimum Gasteiger partial charge on any atom is -0.459 e. The Bertz CT molecular complexity index is 1270. The van der Waals surface area contributed by atoms with E-state index in [0.29, 0.717) is 32.3 Å². The highest BCUT2D eigenvalue weighted by Gasteiger charge is 2.40. The molecule has 5 nitrogen and oxygen atoms in total. The van der Waals surface area contributed by atoms with Gasteiger partial charge in [-0.25, -0.2) is 14.0 Å². The first-order valence-corrected chi connectivity index (χ1v) is 11.4. The Morgan fingerprint density at radius 3 is 2.17 bits per heavy atom. The van der Waals surface area contributed by atoms with E-state index in [1.165, 1.54) is 18.2 Å². The molecule has 0 saturated carbocycles. The van der Waals surface area contributed by atoms with E-state index in [4.69, 9.17) is 43.8 Å². The maximum atomic E-state index is 13.7. The number of benzene rings is 3. The molecule has 0 aliphatic carbocycles. The molecule has 178 valence electrons. The first-order chi connectivity index (χ1) is 16.8. The highest BCUT2D eigenvalue weighted by molar-refractivity contribution is 6.31. The molecular formula is C27H19Cl2FO5. The molecule has 35 heavy (non-hydrogen) atoms. The summed E-state index contributed by atoms with van der Waals surface area (Å²) >= 11 is 11.8. The number of terminal acetylenes is 1. The molecule has 0 N–H and O–H groups in total. The molecule has 1 saturated heterocycles. The Labute approximate surface area is 211 Å². The van der Waals surface area contributed by atoms with Gasteiger partial charge in [0.05, 0.1) is 17.2 Å². The normalized spacial score (nSPS) is 19.1. The van der Waals surface area contributed by atoms with Crippen LogP contribution < -0.4 is 0 Å². The van der Waals surface area contributed by atoms with Gasteiger partial charge in [0.25, 0.3) is 0 Å². The number of hydrogen-bond acceptors (Lipinski definition) is 5. The maximum Gasteiger partial charge on any atom is 0.338 e. The van der Waals surface area contributed by atoms with Crippen molar-refractivity contribution in [1.82, 2.24) is 0 Å². The topological polar surface area (TPSA) is 61.8 Å². The largest absolute Gasteiger partial charge is 0.459 e. The molecule has 3 aromatic carbocycles. The number of rotatable bonds is 6. The summed E-state index contributed by atoms with van der Waals surface area (Å²) in [5.74, 6) is 0.818. The zero-order valence-electron chi connectivity index (χ0n) is 18.2. The van der Waals surface area contributed by atoms with E-state index in [2.05, 4.69) is 5.92 Å². The van der Waals surface area contributed by atoms with Crippen molar-refractivity contribution in [3.8, 4) is 12.3 Å². The molecular weight excluding hydrogens is 494 g/mol. The van der Waals surface area contributed by atoms with Crippen molar-refractivity contribution in [1.29, 1.82) is 0 Å². The van der Waals surface area contributed by atoms with Crippen LogP contribution in [-0.2, 0) is 14.2 Å². The Balaban J connectivity index is 1.52. The number of halogens is 3. The Morgan fingerprint density at radius 2 is 1.57 bits per heavy atom. The highest BCUT2D eigenvalue weighted by Crippen LogP contribution is 2.37. The van der Waals surface area contributed by atoms with Gasteiger partial charge in [-0.2, -0.15) is 0 Å². The molecule has 0 aromatic heterocycles. The van der Waals surface area contributed by atoms with E-state index < -0.39 is 36.1 Å². The predicted octanol–water partition coefficient (Wildman–Crippen LogP) is 6.03. The molecule has 8 heteroatoms. The Kier molecular flexibility index (Phi) is 7.72. The second-order valence-electron chi connectivity index (χ2n) is 7.83. The zero-order valence-corrected chi connectivity index (χ0v) is 19.8. The summed E-state index contributed by atoms with van der Waals surface area (Å²) in [7, 11) is 0. The van der Waals surface area contributed by atoms with Gasteiger partial charge in [-0.05, 0) is 66.2 Å². The molecule has 1 heterocycles. The molecule has 1 aliphatic rings. The van der Waals surface area contributed by atoms with Gasteiger partial charge in [0.1, 0.15) is 24.6 Å². The summed E-state index contributed by atoms with van der Waals surface area (Å²) < 4.78 is 30.9. The first kappa shape index (κ1) is 24.7. The summed E-state index contributed by atoms with van der Waals surface area (Å²) in [6, 6.07) is 16.5. The lowest BCUT2D eigenvalue weighted by Crippen LogP contribution is -2.32. The summed E-state index contributed by atoms with van der Waals surface area (Å²) in [4.78, 5) is 25.2. The molecule has 1 fully saturated rings. The zero-order chi connectivity index (χ0) is 24.9. The van der Waals surface area contributed by atoms with Gasteiger partial charge in [0, 0.05) is 22.0 Å². The van der Waals surface area contributed by atoms with Crippen LogP contribution >= 0.6 is 23.2 Å². The van der Waals surface area contributed by atoms with Gasteiger partial charge in [0.2, 0.25) is 0 Å². The molecule has 1 aliphatic heterocycles. The third-order valence-electron chi connectivity index (χ3n) is 5.51. The molecule has 4 rings (SSSR count). The van der Waals surface area contributed by atoms with Crippen molar-refractivity contribution in [2.24, 2.45) is 0 Å². The lowest BCUT2D eigenvalue weighted by Gasteiger charge is -2.19. The van der Waals surface area contributed by atoms with Crippen LogP contribution in [0.2, 0.25) is 10.0 Å². The summed E-state index contributed by atoms with van der Waals surface area (Å²) in [5.41, 5.74) is 1.53. The molecule has 3 aromatic rings. The number of ether oxygens (including phenoxy) is 3. The van der Waals surface area contributed by atoms with Crippen LogP contribution in [0.15, 0.2) is 66.7 Å². The smallest absolute Gasteiger partial charge is 0.338 e. The second-order valence-corrected chi connectivity index (χ2v) is 8.70. The first-order valence-electron chi connectivity index (χ1n) is 10.6. The van der Waals surface area contributed by atoms with E-state index in [-0.39, 0.29) is 13.0 Å².